The summed E-state index contributed by atoms with van der Waals surface area (Å²) >= 11 is 1.43. The van der Waals surface area contributed by atoms with Crippen LogP contribution in [0, 0.1) is 5.82 Å². The second-order valence-electron chi connectivity index (χ2n) is 10.3. The Balaban J connectivity index is 1.49. The van der Waals surface area contributed by atoms with Crippen molar-refractivity contribution in [1.29, 1.82) is 0 Å². The summed E-state index contributed by atoms with van der Waals surface area (Å²) in [5, 5.41) is 7.48. The number of carbonyl (C=O) groups excluding carboxylic acids is 3. The highest BCUT2D eigenvalue weighted by molar-refractivity contribution is 7.17. The summed E-state index contributed by atoms with van der Waals surface area (Å²) in [6, 6.07) is 13.1. The van der Waals surface area contributed by atoms with E-state index < -0.39 is 5.91 Å². The van der Waals surface area contributed by atoms with Crippen molar-refractivity contribution in [2.45, 2.75) is 53.0 Å². The summed E-state index contributed by atoms with van der Waals surface area (Å²) in [7, 11) is 0. The number of hydrogen-bond donors (Lipinski definition) is 2. The summed E-state index contributed by atoms with van der Waals surface area (Å²) in [5.41, 5.74) is 5.74. The number of nitrogens with zero attached hydrogens (tertiary/aromatic N) is 3. The molecular weight excluding hydrogens is 553 g/mol. The Bertz CT molecular complexity index is 1450. The normalized spacial score (nSPS) is 12.8. The Morgan fingerprint density at radius 2 is 1.76 bits per heavy atom. The Labute approximate surface area is 250 Å². The van der Waals surface area contributed by atoms with Gasteiger partial charge in [0.1, 0.15) is 10.8 Å². The van der Waals surface area contributed by atoms with Crippen LogP contribution in [0.2, 0.25) is 0 Å². The predicted molar refractivity (Wildman–Crippen MR) is 166 cm³/mol. The van der Waals surface area contributed by atoms with Crippen LogP contribution < -0.4 is 10.7 Å². The lowest BCUT2D eigenvalue weighted by atomic mass is 9.95. The third-order valence-electron chi connectivity index (χ3n) is 7.44. The number of hydrazone groups is 1. The van der Waals surface area contributed by atoms with Crippen molar-refractivity contribution in [3.63, 3.8) is 0 Å². The fourth-order valence-corrected chi connectivity index (χ4v) is 6.34. The zero-order valence-corrected chi connectivity index (χ0v) is 25.2. The highest BCUT2D eigenvalue weighted by Crippen LogP contribution is 2.38. The maximum Gasteiger partial charge on any atom is 0.274 e. The highest BCUT2D eigenvalue weighted by atomic mass is 32.1. The average molecular weight is 592 g/mol. The van der Waals surface area contributed by atoms with Crippen molar-refractivity contribution >= 4 is 40.3 Å². The number of benzene rings is 2. The fourth-order valence-electron chi connectivity index (χ4n) is 5.06. The molecule has 2 N–H and O–H groups in total. The molecule has 0 bridgehead atoms. The first kappa shape index (κ1) is 31.1. The Morgan fingerprint density at radius 1 is 1.00 bits per heavy atom. The molecule has 10 heteroatoms. The van der Waals surface area contributed by atoms with E-state index in [-0.39, 0.29) is 17.6 Å². The lowest BCUT2D eigenvalue weighted by Gasteiger charge is -2.25. The van der Waals surface area contributed by atoms with Gasteiger partial charge in [0.05, 0.1) is 11.8 Å². The van der Waals surface area contributed by atoms with Crippen LogP contribution in [0.1, 0.15) is 75.9 Å². The van der Waals surface area contributed by atoms with Crippen LogP contribution in [0.15, 0.2) is 53.6 Å². The molecule has 3 amide bonds. The maximum absolute atomic E-state index is 13.5. The predicted octanol–water partition coefficient (Wildman–Crippen LogP) is 5.47. The van der Waals surface area contributed by atoms with Gasteiger partial charge in [-0.3, -0.25) is 14.4 Å². The molecule has 0 spiro atoms. The number of carbonyl (C=O) groups is 3. The minimum absolute atomic E-state index is 0.0168. The zero-order chi connectivity index (χ0) is 30.1. The smallest absolute Gasteiger partial charge is 0.274 e. The molecule has 8 nitrogen and oxygen atoms in total. The number of amides is 3. The van der Waals surface area contributed by atoms with Gasteiger partial charge in [-0.25, -0.2) is 9.82 Å². The standard InChI is InChI=1S/C32H38FN5O3S/c1-4-37(5-2)16-17-38(22(3)39)21-24-11-8-12-25(18-24)30(40)35-32-29(27-14-6-7-15-28(27)42-32)31(41)36-34-20-23-10-9-13-26(33)19-23/h8-13,18-20H,4-7,14-17,21H2,1-3H3,(H,35,40)(H,36,41)/b34-20+. The second kappa shape index (κ2) is 14.8. The van der Waals surface area contributed by atoms with Gasteiger partial charge in [0.15, 0.2) is 0 Å². The molecule has 0 saturated carbocycles. The molecule has 1 heterocycles. The highest BCUT2D eigenvalue weighted by Gasteiger charge is 2.26. The Morgan fingerprint density at radius 3 is 2.50 bits per heavy atom. The maximum atomic E-state index is 13.5. The molecule has 0 saturated heterocycles. The van der Waals surface area contributed by atoms with Crippen molar-refractivity contribution in [1.82, 2.24) is 15.2 Å². The summed E-state index contributed by atoms with van der Waals surface area (Å²) < 4.78 is 13.5. The SMILES string of the molecule is CCN(CC)CCN(Cc1cccc(C(=O)Nc2sc3c(c2C(=O)N/N=C/c2cccc(F)c2)CCCC3)c1)C(C)=O. The molecule has 1 aliphatic rings. The van der Waals surface area contributed by atoms with E-state index in [4.69, 9.17) is 0 Å². The second-order valence-corrected chi connectivity index (χ2v) is 11.4. The molecule has 0 radical (unpaired) electrons. The van der Waals surface area contributed by atoms with Crippen LogP contribution in [-0.2, 0) is 24.2 Å². The minimum atomic E-state index is -0.420. The van der Waals surface area contributed by atoms with E-state index in [0.29, 0.717) is 34.8 Å². The molecule has 42 heavy (non-hydrogen) atoms. The fraction of sp³-hybridized carbons (Fsp3) is 0.375. The molecule has 3 aromatic rings. The van der Waals surface area contributed by atoms with Gasteiger partial charge in [0.25, 0.3) is 11.8 Å². The molecule has 0 unspecified atom stereocenters. The third-order valence-corrected chi connectivity index (χ3v) is 8.65. The van der Waals surface area contributed by atoms with Gasteiger partial charge in [-0.2, -0.15) is 5.10 Å². The first-order valence-electron chi connectivity index (χ1n) is 14.4. The lowest BCUT2D eigenvalue weighted by molar-refractivity contribution is -0.129. The monoisotopic (exact) mass is 591 g/mol. The topological polar surface area (TPSA) is 94.1 Å². The van der Waals surface area contributed by atoms with E-state index in [1.54, 1.807) is 42.2 Å². The van der Waals surface area contributed by atoms with E-state index in [9.17, 15) is 18.8 Å². The van der Waals surface area contributed by atoms with Gasteiger partial charge in [-0.05, 0) is 79.7 Å². The number of likely N-dealkylation sites (N-methyl/N-ethyl adjacent to an activating group) is 1. The minimum Gasteiger partial charge on any atom is -0.337 e. The van der Waals surface area contributed by atoms with Crippen LogP contribution in [0.25, 0.3) is 0 Å². The Kier molecular flexibility index (Phi) is 11.0. The molecule has 4 rings (SSSR count). The van der Waals surface area contributed by atoms with Gasteiger partial charge in [0, 0.05) is 37.0 Å². The van der Waals surface area contributed by atoms with Crippen LogP contribution in [0.5, 0.6) is 0 Å². The van der Waals surface area contributed by atoms with E-state index in [2.05, 4.69) is 34.6 Å². The van der Waals surface area contributed by atoms with Crippen LogP contribution in [0.4, 0.5) is 9.39 Å². The van der Waals surface area contributed by atoms with E-state index in [1.807, 2.05) is 6.07 Å². The average Bonchev–Trinajstić information content (AvgIpc) is 3.35. The number of anilines is 1. The lowest BCUT2D eigenvalue weighted by Crippen LogP contribution is -2.37. The molecule has 0 atom stereocenters. The molecule has 0 fully saturated rings. The molecule has 1 aliphatic carbocycles. The van der Waals surface area contributed by atoms with Crippen LogP contribution >= 0.6 is 11.3 Å². The van der Waals surface area contributed by atoms with E-state index in [1.165, 1.54) is 29.7 Å². The van der Waals surface area contributed by atoms with Crippen LogP contribution in [0.3, 0.4) is 0 Å². The third kappa shape index (κ3) is 8.10. The molecule has 2 aromatic carbocycles. The number of hydrogen-bond acceptors (Lipinski definition) is 6. The Hall–Kier alpha value is -3.89. The summed E-state index contributed by atoms with van der Waals surface area (Å²) in [6.45, 7) is 9.40. The first-order chi connectivity index (χ1) is 20.3. The first-order valence-corrected chi connectivity index (χ1v) is 15.2. The van der Waals surface area contributed by atoms with Crippen LogP contribution in [-0.4, -0.2) is 59.9 Å². The van der Waals surface area contributed by atoms with Gasteiger partial charge in [0.2, 0.25) is 5.91 Å². The zero-order valence-electron chi connectivity index (χ0n) is 24.4. The van der Waals surface area contributed by atoms with Crippen molar-refractivity contribution < 1.29 is 18.8 Å². The number of nitrogens with one attached hydrogen (secondary N) is 2. The number of aryl methyl sites for hydroxylation is 1. The van der Waals surface area contributed by atoms with E-state index in [0.717, 1.165) is 61.3 Å². The molecule has 1 aromatic heterocycles. The summed E-state index contributed by atoms with van der Waals surface area (Å²) in [4.78, 5) is 44.2. The number of fused-ring (bicyclic) bond motifs is 1. The summed E-state index contributed by atoms with van der Waals surface area (Å²) in [6.07, 6.45) is 4.99. The largest absolute Gasteiger partial charge is 0.337 e. The number of thiophene rings is 1. The van der Waals surface area contributed by atoms with Gasteiger partial charge >= 0.3 is 0 Å². The van der Waals surface area contributed by atoms with E-state index >= 15 is 0 Å². The van der Waals surface area contributed by atoms with Crippen molar-refractivity contribution in [2.24, 2.45) is 5.10 Å². The summed E-state index contributed by atoms with van der Waals surface area (Å²) in [5.74, 6) is -1.15. The van der Waals surface area contributed by atoms with Gasteiger partial charge in [-0.1, -0.05) is 38.1 Å². The molecule has 0 aliphatic heterocycles. The quantitative estimate of drug-likeness (QED) is 0.216. The van der Waals surface area contributed by atoms with Gasteiger partial charge < -0.3 is 15.1 Å². The number of rotatable bonds is 12. The van der Waals surface area contributed by atoms with Crippen molar-refractivity contribution in [3.05, 3.63) is 87.0 Å². The molecular formula is C32H38FN5O3S. The van der Waals surface area contributed by atoms with Crippen molar-refractivity contribution in [3.8, 4) is 0 Å². The van der Waals surface area contributed by atoms with Crippen molar-refractivity contribution in [2.75, 3.05) is 31.5 Å². The molecule has 222 valence electrons. The van der Waals surface area contributed by atoms with Gasteiger partial charge in [-0.15, -0.1) is 11.3 Å². The number of halogens is 1.